The smallest absolute Gasteiger partial charge is 0.862 e. The minimum atomic E-state index is -2.19. The topological polar surface area (TPSA) is 82.0 Å². The zero-order valence-electron chi connectivity index (χ0n) is 9.26. The SMILES string of the molecule is COc1ccc(N=C(C)[O-])c(S(=O)O)c1.[K+]. The summed E-state index contributed by atoms with van der Waals surface area (Å²) in [7, 11) is 1.45. The maximum Gasteiger partial charge on any atom is 1.00 e. The van der Waals surface area contributed by atoms with Crippen LogP contribution in [0.25, 0.3) is 0 Å². The molecular formula is C9H10KNO4S. The number of aliphatic imine (C=N–C) groups is 1. The van der Waals surface area contributed by atoms with Crippen LogP contribution in [0.1, 0.15) is 6.92 Å². The molecule has 0 aliphatic carbocycles. The van der Waals surface area contributed by atoms with Crippen LogP contribution < -0.4 is 61.2 Å². The second-order valence-corrected chi connectivity index (χ2v) is 3.65. The Bertz CT molecular complexity index is 418. The molecule has 0 heterocycles. The molecule has 82 valence electrons. The molecule has 1 rings (SSSR count). The molecule has 0 spiro atoms. The number of hydrogen-bond acceptors (Lipinski definition) is 4. The zero-order valence-corrected chi connectivity index (χ0v) is 13.2. The summed E-state index contributed by atoms with van der Waals surface area (Å²) < 4.78 is 24.8. The van der Waals surface area contributed by atoms with E-state index in [9.17, 15) is 9.32 Å². The molecule has 0 aliphatic rings. The Morgan fingerprint density at radius 3 is 2.62 bits per heavy atom. The fourth-order valence-corrected chi connectivity index (χ4v) is 1.53. The number of ether oxygens (including phenoxy) is 1. The van der Waals surface area contributed by atoms with E-state index in [0.717, 1.165) is 0 Å². The Hall–Kier alpha value is 0.236. The van der Waals surface area contributed by atoms with Crippen LogP contribution >= 0.6 is 0 Å². The van der Waals surface area contributed by atoms with Gasteiger partial charge in [0.15, 0.2) is 11.1 Å². The fourth-order valence-electron chi connectivity index (χ4n) is 1.02. The first-order valence-electron chi connectivity index (χ1n) is 4.06. The van der Waals surface area contributed by atoms with Gasteiger partial charge >= 0.3 is 51.4 Å². The molecule has 0 aliphatic heterocycles. The number of methoxy groups -OCH3 is 1. The molecule has 16 heavy (non-hydrogen) atoms. The number of rotatable bonds is 3. The van der Waals surface area contributed by atoms with Crippen molar-refractivity contribution in [3.8, 4) is 5.75 Å². The molecule has 0 bridgehead atoms. The van der Waals surface area contributed by atoms with Crippen molar-refractivity contribution in [1.29, 1.82) is 0 Å². The first kappa shape index (κ1) is 16.2. The predicted octanol–water partition coefficient (Wildman–Crippen LogP) is -2.31. The van der Waals surface area contributed by atoms with Crippen LogP contribution in [-0.2, 0) is 11.1 Å². The number of hydrogen-bond donors (Lipinski definition) is 1. The average molecular weight is 267 g/mol. The third-order valence-corrected chi connectivity index (χ3v) is 2.34. The van der Waals surface area contributed by atoms with Crippen LogP contribution in [0.2, 0.25) is 0 Å². The van der Waals surface area contributed by atoms with E-state index in [1.54, 1.807) is 6.07 Å². The van der Waals surface area contributed by atoms with E-state index in [2.05, 4.69) is 4.99 Å². The van der Waals surface area contributed by atoms with Gasteiger partial charge in [0, 0.05) is 6.07 Å². The first-order valence-corrected chi connectivity index (χ1v) is 5.16. The molecule has 0 saturated heterocycles. The molecule has 1 N–H and O–H groups in total. The van der Waals surface area contributed by atoms with Crippen molar-refractivity contribution in [2.75, 3.05) is 7.11 Å². The Labute approximate surface area is 139 Å². The second-order valence-electron chi connectivity index (χ2n) is 2.71. The van der Waals surface area contributed by atoms with E-state index < -0.39 is 17.0 Å². The maximum atomic E-state index is 11.0. The van der Waals surface area contributed by atoms with E-state index in [1.807, 2.05) is 0 Å². The summed E-state index contributed by atoms with van der Waals surface area (Å²) in [5.41, 5.74) is 0.184. The van der Waals surface area contributed by atoms with Gasteiger partial charge in [-0.1, -0.05) is 0 Å². The van der Waals surface area contributed by atoms with Gasteiger partial charge in [0.1, 0.15) is 5.75 Å². The molecule has 7 heteroatoms. The van der Waals surface area contributed by atoms with Gasteiger partial charge in [-0.15, -0.1) is 0 Å². The van der Waals surface area contributed by atoms with Gasteiger partial charge in [-0.2, -0.15) is 0 Å². The van der Waals surface area contributed by atoms with Gasteiger partial charge in [-0.05, 0) is 25.0 Å². The summed E-state index contributed by atoms with van der Waals surface area (Å²) in [5.74, 6) is 0.0155. The summed E-state index contributed by atoms with van der Waals surface area (Å²) in [5, 5.41) is 10.8. The normalized spacial score (nSPS) is 12.8. The zero-order chi connectivity index (χ0) is 11.4. The Morgan fingerprint density at radius 1 is 1.56 bits per heavy atom. The van der Waals surface area contributed by atoms with Crippen LogP contribution in [0.15, 0.2) is 28.1 Å². The van der Waals surface area contributed by atoms with Crippen LogP contribution in [-0.4, -0.2) is 21.8 Å². The molecule has 0 fully saturated rings. The molecule has 0 saturated carbocycles. The van der Waals surface area contributed by atoms with Gasteiger partial charge in [-0.3, -0.25) is 4.99 Å². The van der Waals surface area contributed by atoms with Crippen molar-refractivity contribution in [1.82, 2.24) is 0 Å². The van der Waals surface area contributed by atoms with Crippen LogP contribution in [0, 0.1) is 0 Å². The van der Waals surface area contributed by atoms with Gasteiger partial charge in [-0.25, -0.2) is 4.21 Å². The summed E-state index contributed by atoms with van der Waals surface area (Å²) >= 11 is -2.19. The van der Waals surface area contributed by atoms with E-state index in [-0.39, 0.29) is 62.0 Å². The predicted molar refractivity (Wildman–Crippen MR) is 54.8 cm³/mol. The van der Waals surface area contributed by atoms with Crippen molar-refractivity contribution in [3.05, 3.63) is 18.2 Å². The molecule has 0 radical (unpaired) electrons. The third-order valence-electron chi connectivity index (χ3n) is 1.63. The molecule has 1 unspecified atom stereocenters. The Kier molecular flexibility index (Phi) is 7.65. The monoisotopic (exact) mass is 267 g/mol. The van der Waals surface area contributed by atoms with Crippen LogP contribution in [0.5, 0.6) is 5.75 Å². The van der Waals surface area contributed by atoms with Gasteiger partial charge in [0.25, 0.3) is 0 Å². The third kappa shape index (κ3) is 4.62. The molecule has 1 atom stereocenters. The number of nitrogens with zero attached hydrogens (tertiary/aromatic N) is 1. The fraction of sp³-hybridized carbons (Fsp3) is 0.222. The summed E-state index contributed by atoms with van der Waals surface area (Å²) in [6.07, 6.45) is 0. The van der Waals surface area contributed by atoms with Crippen molar-refractivity contribution in [2.45, 2.75) is 11.8 Å². The van der Waals surface area contributed by atoms with Gasteiger partial charge in [0.05, 0.1) is 17.7 Å². The summed E-state index contributed by atoms with van der Waals surface area (Å²) in [4.78, 5) is 3.67. The molecule has 1 aromatic carbocycles. The van der Waals surface area contributed by atoms with E-state index in [4.69, 9.17) is 9.29 Å². The van der Waals surface area contributed by atoms with Crippen molar-refractivity contribution in [2.24, 2.45) is 4.99 Å². The first-order chi connectivity index (χ1) is 7.04. The standard InChI is InChI=1S/C9H11NO4S.K/c1-6(11)10-8-4-3-7(14-2)5-9(8)15(12)13;/h3-5H,1-2H3,(H,10,11)(H,12,13);/q;+1/p-1. The molecule has 1 aromatic rings. The van der Waals surface area contributed by atoms with Crippen LogP contribution in [0.4, 0.5) is 5.69 Å². The minimum Gasteiger partial charge on any atom is -0.862 e. The molecule has 0 amide bonds. The quantitative estimate of drug-likeness (QED) is 0.289. The molecular weight excluding hydrogens is 257 g/mol. The molecule has 5 nitrogen and oxygen atoms in total. The van der Waals surface area contributed by atoms with E-state index in [0.29, 0.717) is 5.75 Å². The van der Waals surface area contributed by atoms with Crippen molar-refractivity contribution < 1.29 is 70.0 Å². The van der Waals surface area contributed by atoms with E-state index in [1.165, 1.54) is 26.2 Å². The molecule has 0 aromatic heterocycles. The van der Waals surface area contributed by atoms with Gasteiger partial charge < -0.3 is 14.4 Å². The maximum absolute atomic E-state index is 11.0. The summed E-state index contributed by atoms with van der Waals surface area (Å²) in [6, 6.07) is 4.40. The average Bonchev–Trinajstić information content (AvgIpc) is 2.17. The van der Waals surface area contributed by atoms with Crippen LogP contribution in [0.3, 0.4) is 0 Å². The summed E-state index contributed by atoms with van der Waals surface area (Å²) in [6.45, 7) is 1.27. The Morgan fingerprint density at radius 2 is 2.19 bits per heavy atom. The number of benzene rings is 1. The van der Waals surface area contributed by atoms with E-state index >= 15 is 0 Å². The van der Waals surface area contributed by atoms with Crippen molar-refractivity contribution in [3.63, 3.8) is 0 Å². The minimum absolute atomic E-state index is 0. The second kappa shape index (κ2) is 7.54. The Balaban J connectivity index is 0.00000225. The van der Waals surface area contributed by atoms with Crippen molar-refractivity contribution >= 4 is 22.7 Å². The van der Waals surface area contributed by atoms with Gasteiger partial charge in [0.2, 0.25) is 0 Å². The largest absolute Gasteiger partial charge is 1.00 e.